The number of nitrogens with two attached hydrogens (primary N) is 1. The quantitative estimate of drug-likeness (QED) is 0.348. The first-order chi connectivity index (χ1) is 19.4. The fourth-order valence-electron chi connectivity index (χ4n) is 7.24. The molecule has 4 aliphatic rings. The highest BCUT2D eigenvalue weighted by Crippen LogP contribution is 2.50. The number of carbonyl (C=O) groups excluding carboxylic acids is 1. The number of H-pyrrole nitrogens is 1. The Hall–Kier alpha value is -3.86. The lowest BCUT2D eigenvalue weighted by molar-refractivity contribution is -0.0426. The Morgan fingerprint density at radius 2 is 1.85 bits per heavy atom. The van der Waals surface area contributed by atoms with Crippen molar-refractivity contribution in [2.45, 2.75) is 94.2 Å². The molecule has 4 fully saturated rings. The molecule has 2 saturated heterocycles. The number of nitrogens with zero attached hydrogens (tertiary/aromatic N) is 7. The van der Waals surface area contributed by atoms with Crippen molar-refractivity contribution in [3.8, 4) is 11.1 Å². The number of hydrogen-bond acceptors (Lipinski definition) is 8. The standard InChI is InChI=1S/C29H33N9O2/c1-15-33-26(36-35-15)28(39)37-19-6-7-20(37)12-18(11-19)24-23(16-3-4-16)25(30)38-27(34-24)21(14-32-38)17-5-8-22(31-13-17)29(40)9-2-10-29/h5,8,13-14,16,18-20,40H,2-4,6-7,9-12,30H2,1H3,(H,33,35,36)/t18-,19-,20+. The summed E-state index contributed by atoms with van der Waals surface area (Å²) in [6, 6.07) is 4.21. The SMILES string of the molecule is Cc1nnc(C(=O)N2[C@@H]3CC[C@H]2C[C@H](c2nc4c(-c5ccc(C6(O)CCC6)nc5)cnn4c(N)c2C2CC2)C3)[nH]1. The van der Waals surface area contributed by atoms with Gasteiger partial charge in [0.15, 0.2) is 5.65 Å². The van der Waals surface area contributed by atoms with Crippen LogP contribution in [0.15, 0.2) is 24.5 Å². The number of amides is 1. The molecule has 2 saturated carbocycles. The van der Waals surface area contributed by atoms with Crippen LogP contribution >= 0.6 is 0 Å². The zero-order chi connectivity index (χ0) is 27.2. The second-order valence-corrected chi connectivity index (χ2v) is 12.2. The van der Waals surface area contributed by atoms with Crippen LogP contribution in [0.1, 0.15) is 103 Å². The molecule has 206 valence electrons. The van der Waals surface area contributed by atoms with E-state index < -0.39 is 5.60 Å². The molecule has 0 spiro atoms. The molecule has 11 nitrogen and oxygen atoms in total. The molecule has 2 aliphatic heterocycles. The molecular formula is C29H33N9O2. The number of aliphatic hydroxyl groups is 1. The summed E-state index contributed by atoms with van der Waals surface area (Å²) in [6.45, 7) is 1.81. The predicted octanol–water partition coefficient (Wildman–Crippen LogP) is 3.60. The lowest BCUT2D eigenvalue weighted by Gasteiger charge is -2.39. The average Bonchev–Trinajstić information content (AvgIpc) is 3.43. The fourth-order valence-corrected chi connectivity index (χ4v) is 7.24. The number of anilines is 1. The number of nitrogens with one attached hydrogen (secondary N) is 1. The van der Waals surface area contributed by atoms with Crippen LogP contribution < -0.4 is 5.73 Å². The molecule has 4 N–H and O–H groups in total. The van der Waals surface area contributed by atoms with Crippen LogP contribution in [0.3, 0.4) is 0 Å². The number of aromatic amines is 1. The number of piperidine rings is 1. The lowest BCUT2D eigenvalue weighted by Crippen LogP contribution is -2.46. The van der Waals surface area contributed by atoms with Crippen molar-refractivity contribution in [1.29, 1.82) is 0 Å². The summed E-state index contributed by atoms with van der Waals surface area (Å²) in [5, 5.41) is 23.4. The third-order valence-corrected chi connectivity index (χ3v) is 9.62. The molecule has 4 aromatic rings. The maximum atomic E-state index is 13.3. The highest BCUT2D eigenvalue weighted by Gasteiger charge is 2.46. The maximum Gasteiger partial charge on any atom is 0.292 e. The number of fused-ring (bicyclic) bond motifs is 3. The molecule has 3 atom stereocenters. The van der Waals surface area contributed by atoms with Gasteiger partial charge in [-0.25, -0.2) is 4.98 Å². The first-order valence-electron chi connectivity index (χ1n) is 14.5. The van der Waals surface area contributed by atoms with E-state index in [0.29, 0.717) is 23.4 Å². The second-order valence-electron chi connectivity index (χ2n) is 12.2. The van der Waals surface area contributed by atoms with E-state index in [1.807, 2.05) is 36.4 Å². The highest BCUT2D eigenvalue weighted by molar-refractivity contribution is 5.91. The van der Waals surface area contributed by atoms with E-state index in [1.54, 1.807) is 4.52 Å². The Bertz CT molecular complexity index is 1620. The van der Waals surface area contributed by atoms with Gasteiger partial charge < -0.3 is 20.7 Å². The minimum Gasteiger partial charge on any atom is -0.384 e. The van der Waals surface area contributed by atoms with Gasteiger partial charge in [-0.3, -0.25) is 9.78 Å². The Morgan fingerprint density at radius 1 is 1.07 bits per heavy atom. The van der Waals surface area contributed by atoms with Crippen LogP contribution in [-0.4, -0.2) is 62.8 Å². The summed E-state index contributed by atoms with van der Waals surface area (Å²) in [5.74, 6) is 2.22. The first kappa shape index (κ1) is 24.0. The number of hydrogen-bond donors (Lipinski definition) is 3. The topological polar surface area (TPSA) is 151 Å². The molecule has 40 heavy (non-hydrogen) atoms. The molecule has 0 aromatic carbocycles. The molecule has 8 rings (SSSR count). The molecule has 0 unspecified atom stereocenters. The summed E-state index contributed by atoms with van der Waals surface area (Å²) in [5.41, 5.74) is 11.5. The summed E-state index contributed by atoms with van der Waals surface area (Å²) < 4.78 is 1.78. The van der Waals surface area contributed by atoms with Gasteiger partial charge in [0.25, 0.3) is 5.91 Å². The molecule has 2 bridgehead atoms. The van der Waals surface area contributed by atoms with Crippen molar-refractivity contribution in [2.75, 3.05) is 5.73 Å². The first-order valence-corrected chi connectivity index (χ1v) is 14.5. The van der Waals surface area contributed by atoms with Gasteiger partial charge in [-0.15, -0.1) is 10.2 Å². The zero-order valence-electron chi connectivity index (χ0n) is 22.5. The number of aryl methyl sites for hydroxylation is 1. The number of aromatic nitrogens is 7. The number of carbonyl (C=O) groups is 1. The van der Waals surface area contributed by atoms with Gasteiger partial charge in [0, 0.05) is 40.9 Å². The number of nitrogen functional groups attached to an aromatic ring is 1. The minimum atomic E-state index is -0.795. The van der Waals surface area contributed by atoms with Crippen molar-refractivity contribution in [1.82, 2.24) is 39.7 Å². The molecule has 1 amide bonds. The Balaban J connectivity index is 1.15. The van der Waals surface area contributed by atoms with Crippen LogP contribution in [0.25, 0.3) is 16.8 Å². The van der Waals surface area contributed by atoms with Crippen molar-refractivity contribution in [3.63, 3.8) is 0 Å². The van der Waals surface area contributed by atoms with Crippen LogP contribution in [-0.2, 0) is 5.60 Å². The van der Waals surface area contributed by atoms with Gasteiger partial charge in [0.1, 0.15) is 17.2 Å². The highest BCUT2D eigenvalue weighted by atomic mass is 16.3. The predicted molar refractivity (Wildman–Crippen MR) is 146 cm³/mol. The molecule has 2 aliphatic carbocycles. The van der Waals surface area contributed by atoms with Crippen molar-refractivity contribution in [2.24, 2.45) is 0 Å². The Kier molecular flexibility index (Phi) is 5.14. The van der Waals surface area contributed by atoms with Crippen LogP contribution in [0.2, 0.25) is 0 Å². The monoisotopic (exact) mass is 539 g/mol. The Morgan fingerprint density at radius 3 is 2.45 bits per heavy atom. The van der Waals surface area contributed by atoms with E-state index in [0.717, 1.165) is 91.5 Å². The molecule has 11 heteroatoms. The smallest absolute Gasteiger partial charge is 0.292 e. The molecule has 0 radical (unpaired) electrons. The van der Waals surface area contributed by atoms with Crippen LogP contribution in [0.4, 0.5) is 5.82 Å². The maximum absolute atomic E-state index is 13.3. The normalized spacial score (nSPS) is 25.4. The van der Waals surface area contributed by atoms with E-state index in [2.05, 4.69) is 25.3 Å². The van der Waals surface area contributed by atoms with E-state index in [1.165, 1.54) is 0 Å². The van der Waals surface area contributed by atoms with Gasteiger partial charge in [0.2, 0.25) is 5.82 Å². The third kappa shape index (κ3) is 3.59. The fraction of sp³-hybridized carbons (Fsp3) is 0.517. The average molecular weight is 540 g/mol. The van der Waals surface area contributed by atoms with Gasteiger partial charge in [-0.05, 0) is 76.7 Å². The number of pyridine rings is 1. The minimum absolute atomic E-state index is 0.0579. The van der Waals surface area contributed by atoms with Gasteiger partial charge in [0.05, 0.1) is 17.6 Å². The van der Waals surface area contributed by atoms with Gasteiger partial charge in [-0.2, -0.15) is 9.61 Å². The number of rotatable bonds is 5. The van der Waals surface area contributed by atoms with Gasteiger partial charge in [-0.1, -0.05) is 6.07 Å². The van der Waals surface area contributed by atoms with Crippen LogP contribution in [0, 0.1) is 6.92 Å². The van der Waals surface area contributed by atoms with Crippen molar-refractivity contribution in [3.05, 3.63) is 53.1 Å². The van der Waals surface area contributed by atoms with Gasteiger partial charge >= 0.3 is 0 Å². The molecule has 4 aromatic heterocycles. The molecule has 6 heterocycles. The summed E-state index contributed by atoms with van der Waals surface area (Å²) in [7, 11) is 0. The lowest BCUT2D eigenvalue weighted by atomic mass is 9.77. The Labute approximate surface area is 231 Å². The van der Waals surface area contributed by atoms with E-state index >= 15 is 0 Å². The van der Waals surface area contributed by atoms with E-state index in [4.69, 9.17) is 10.7 Å². The van der Waals surface area contributed by atoms with Crippen molar-refractivity contribution < 1.29 is 9.90 Å². The summed E-state index contributed by atoms with van der Waals surface area (Å²) in [6.07, 6.45) is 12.1. The summed E-state index contributed by atoms with van der Waals surface area (Å²) >= 11 is 0. The molecular weight excluding hydrogens is 506 g/mol. The van der Waals surface area contributed by atoms with E-state index in [9.17, 15) is 9.90 Å². The van der Waals surface area contributed by atoms with Crippen molar-refractivity contribution >= 4 is 17.4 Å². The third-order valence-electron chi connectivity index (χ3n) is 9.62. The van der Waals surface area contributed by atoms with Crippen LogP contribution in [0.5, 0.6) is 0 Å². The van der Waals surface area contributed by atoms with E-state index in [-0.39, 0.29) is 23.9 Å². The largest absolute Gasteiger partial charge is 0.384 e. The second kappa shape index (κ2) is 8.57. The summed E-state index contributed by atoms with van der Waals surface area (Å²) in [4.78, 5) is 28.3. The zero-order valence-corrected chi connectivity index (χ0v) is 22.5.